The van der Waals surface area contributed by atoms with Gasteiger partial charge in [0.05, 0.1) is 17.9 Å². The van der Waals surface area contributed by atoms with E-state index in [1.165, 1.54) is 0 Å². The minimum Gasteiger partial charge on any atom is -0.352 e. The third-order valence-electron chi connectivity index (χ3n) is 2.64. The summed E-state index contributed by atoms with van der Waals surface area (Å²) in [7, 11) is -3.50. The minimum absolute atomic E-state index is 0.166. The summed E-state index contributed by atoms with van der Waals surface area (Å²) in [6.07, 6.45) is 0.264. The van der Waals surface area contributed by atoms with E-state index in [0.29, 0.717) is 11.1 Å². The molecule has 1 aromatic rings. The van der Waals surface area contributed by atoms with E-state index in [9.17, 15) is 13.2 Å². The van der Waals surface area contributed by atoms with Gasteiger partial charge in [-0.1, -0.05) is 17.9 Å². The maximum absolute atomic E-state index is 12.1. The number of benzene rings is 1. The molecular weight excluding hydrogens is 290 g/mol. The summed E-state index contributed by atoms with van der Waals surface area (Å²) in [5.74, 6) is 5.11. The second-order valence-electron chi connectivity index (χ2n) is 4.53. The van der Waals surface area contributed by atoms with Crippen LogP contribution < -0.4 is 16.2 Å². The summed E-state index contributed by atoms with van der Waals surface area (Å²) >= 11 is 0. The molecule has 7 heteroatoms. The number of sulfonamides is 1. The highest BCUT2D eigenvalue weighted by molar-refractivity contribution is 7.89. The number of hydrogen-bond acceptors (Lipinski definition) is 4. The number of rotatable bonds is 5. The van der Waals surface area contributed by atoms with Crippen LogP contribution in [0.2, 0.25) is 0 Å². The first-order valence-corrected chi connectivity index (χ1v) is 8.13. The summed E-state index contributed by atoms with van der Waals surface area (Å²) in [5, 5.41) is 7.54. The molecule has 0 aliphatic heterocycles. The summed E-state index contributed by atoms with van der Waals surface area (Å²) < 4.78 is 21.6. The van der Waals surface area contributed by atoms with E-state index in [-0.39, 0.29) is 31.2 Å². The quantitative estimate of drug-likeness (QED) is 0.512. The standard InChI is InChI=1S/C14H19N3O3S/c1-11-5-6-13(12(10-11)4-2-7-15)14(18)17-8-3-9-21(16,19)20/h5-6,10H,3,7-9,15H2,1H3,(H,17,18)(H2,16,19,20). The van der Waals surface area contributed by atoms with Gasteiger partial charge in [0.15, 0.2) is 0 Å². The van der Waals surface area contributed by atoms with Crippen LogP contribution in [0.3, 0.4) is 0 Å². The molecule has 0 aliphatic rings. The Bertz CT molecular complexity index is 672. The predicted molar refractivity (Wildman–Crippen MR) is 82.0 cm³/mol. The van der Waals surface area contributed by atoms with Gasteiger partial charge in [0.1, 0.15) is 0 Å². The van der Waals surface area contributed by atoms with E-state index < -0.39 is 10.0 Å². The van der Waals surface area contributed by atoms with Crippen molar-refractivity contribution in [1.29, 1.82) is 0 Å². The molecule has 0 saturated carbocycles. The molecule has 0 fully saturated rings. The Morgan fingerprint density at radius 2 is 2.10 bits per heavy atom. The summed E-state index contributed by atoms with van der Waals surface area (Å²) in [4.78, 5) is 12.1. The van der Waals surface area contributed by atoms with Gasteiger partial charge < -0.3 is 11.1 Å². The van der Waals surface area contributed by atoms with Crippen LogP contribution in [-0.4, -0.2) is 33.2 Å². The maximum atomic E-state index is 12.1. The molecule has 0 aliphatic carbocycles. The van der Waals surface area contributed by atoms with E-state index in [0.717, 1.165) is 5.56 Å². The molecule has 1 aromatic carbocycles. The molecule has 21 heavy (non-hydrogen) atoms. The van der Waals surface area contributed by atoms with Gasteiger partial charge >= 0.3 is 0 Å². The van der Waals surface area contributed by atoms with Gasteiger partial charge in [0, 0.05) is 12.1 Å². The van der Waals surface area contributed by atoms with Crippen LogP contribution in [0.25, 0.3) is 0 Å². The van der Waals surface area contributed by atoms with Crippen molar-refractivity contribution < 1.29 is 13.2 Å². The Balaban J connectivity index is 2.74. The summed E-state index contributed by atoms with van der Waals surface area (Å²) in [6, 6.07) is 5.31. The number of carbonyl (C=O) groups is 1. The topological polar surface area (TPSA) is 115 Å². The van der Waals surface area contributed by atoms with Gasteiger partial charge in [-0.25, -0.2) is 13.6 Å². The number of primary sulfonamides is 1. The number of carbonyl (C=O) groups excluding carboxylic acids is 1. The highest BCUT2D eigenvalue weighted by Gasteiger charge is 2.10. The number of hydrogen-bond donors (Lipinski definition) is 3. The largest absolute Gasteiger partial charge is 0.352 e. The zero-order valence-corrected chi connectivity index (χ0v) is 12.7. The fourth-order valence-electron chi connectivity index (χ4n) is 1.68. The van der Waals surface area contributed by atoms with Gasteiger partial charge in [-0.3, -0.25) is 4.79 Å². The van der Waals surface area contributed by atoms with Crippen molar-refractivity contribution >= 4 is 15.9 Å². The smallest absolute Gasteiger partial charge is 0.252 e. The minimum atomic E-state index is -3.50. The van der Waals surface area contributed by atoms with E-state index in [1.54, 1.807) is 6.07 Å². The molecule has 0 radical (unpaired) electrons. The highest BCUT2D eigenvalue weighted by atomic mass is 32.2. The molecule has 0 saturated heterocycles. The second kappa shape index (κ2) is 7.78. The van der Waals surface area contributed by atoms with Crippen LogP contribution in [0.1, 0.15) is 27.9 Å². The lowest BCUT2D eigenvalue weighted by Gasteiger charge is -2.07. The van der Waals surface area contributed by atoms with Gasteiger partial charge in [-0.2, -0.15) is 0 Å². The predicted octanol–water partition coefficient (Wildman–Crippen LogP) is -0.286. The first-order valence-electron chi connectivity index (χ1n) is 6.42. The monoisotopic (exact) mass is 309 g/mol. The van der Waals surface area contributed by atoms with Crippen LogP contribution in [-0.2, 0) is 10.0 Å². The Morgan fingerprint density at radius 3 is 2.71 bits per heavy atom. The van der Waals surface area contributed by atoms with Crippen molar-refractivity contribution in [3.8, 4) is 11.8 Å². The first kappa shape index (κ1) is 17.2. The van der Waals surface area contributed by atoms with Crippen molar-refractivity contribution in [2.45, 2.75) is 13.3 Å². The molecule has 1 rings (SSSR count). The van der Waals surface area contributed by atoms with Crippen molar-refractivity contribution in [2.75, 3.05) is 18.8 Å². The van der Waals surface area contributed by atoms with Crippen LogP contribution >= 0.6 is 0 Å². The molecule has 6 nitrogen and oxygen atoms in total. The molecule has 0 unspecified atom stereocenters. The Labute approximate surface area is 125 Å². The van der Waals surface area contributed by atoms with Gasteiger partial charge in [-0.05, 0) is 31.0 Å². The fourth-order valence-corrected chi connectivity index (χ4v) is 2.22. The molecule has 0 aromatic heterocycles. The number of nitrogens with one attached hydrogen (secondary N) is 1. The average Bonchev–Trinajstić information content (AvgIpc) is 2.40. The van der Waals surface area contributed by atoms with E-state index in [1.807, 2.05) is 19.1 Å². The van der Waals surface area contributed by atoms with Gasteiger partial charge in [-0.15, -0.1) is 0 Å². The van der Waals surface area contributed by atoms with Crippen molar-refractivity contribution in [1.82, 2.24) is 5.32 Å². The molecule has 5 N–H and O–H groups in total. The van der Waals surface area contributed by atoms with Crippen LogP contribution in [0, 0.1) is 18.8 Å². The zero-order chi connectivity index (χ0) is 15.9. The lowest BCUT2D eigenvalue weighted by molar-refractivity contribution is 0.0953. The van der Waals surface area contributed by atoms with E-state index >= 15 is 0 Å². The van der Waals surface area contributed by atoms with Gasteiger partial charge in [0.25, 0.3) is 5.91 Å². The normalized spacial score (nSPS) is 10.6. The Hall–Kier alpha value is -1.88. The Morgan fingerprint density at radius 1 is 1.38 bits per heavy atom. The third-order valence-corrected chi connectivity index (χ3v) is 3.49. The van der Waals surface area contributed by atoms with Crippen LogP contribution in [0.5, 0.6) is 0 Å². The Kier molecular flexibility index (Phi) is 6.37. The molecule has 1 amide bonds. The summed E-state index contributed by atoms with van der Waals surface area (Å²) in [5.41, 5.74) is 7.37. The van der Waals surface area contributed by atoms with Crippen molar-refractivity contribution in [2.24, 2.45) is 10.9 Å². The maximum Gasteiger partial charge on any atom is 0.252 e. The molecular formula is C14H19N3O3S. The molecule has 114 valence electrons. The van der Waals surface area contributed by atoms with E-state index in [4.69, 9.17) is 10.9 Å². The average molecular weight is 309 g/mol. The third kappa shape index (κ3) is 6.40. The molecule has 0 spiro atoms. The molecule has 0 atom stereocenters. The fraction of sp³-hybridized carbons (Fsp3) is 0.357. The number of aryl methyl sites for hydroxylation is 1. The van der Waals surface area contributed by atoms with Gasteiger partial charge in [0.2, 0.25) is 10.0 Å². The molecule has 0 heterocycles. The summed E-state index contributed by atoms with van der Waals surface area (Å²) in [6.45, 7) is 2.34. The zero-order valence-electron chi connectivity index (χ0n) is 11.8. The SMILES string of the molecule is Cc1ccc(C(=O)NCCCS(N)(=O)=O)c(C#CCN)c1. The van der Waals surface area contributed by atoms with Crippen LogP contribution in [0.15, 0.2) is 18.2 Å². The van der Waals surface area contributed by atoms with Crippen molar-refractivity contribution in [3.05, 3.63) is 34.9 Å². The lowest BCUT2D eigenvalue weighted by Crippen LogP contribution is -2.27. The first-order chi connectivity index (χ1) is 9.83. The van der Waals surface area contributed by atoms with E-state index in [2.05, 4.69) is 17.2 Å². The van der Waals surface area contributed by atoms with Crippen LogP contribution in [0.4, 0.5) is 0 Å². The molecule has 0 bridgehead atoms. The number of nitrogens with two attached hydrogens (primary N) is 2. The lowest BCUT2D eigenvalue weighted by atomic mass is 10.0. The number of amides is 1. The highest BCUT2D eigenvalue weighted by Crippen LogP contribution is 2.10. The van der Waals surface area contributed by atoms with Crippen molar-refractivity contribution in [3.63, 3.8) is 0 Å². The second-order valence-corrected chi connectivity index (χ2v) is 6.27.